The number of hydrogen-bond acceptors (Lipinski definition) is 5. The molecule has 1 atom stereocenters. The van der Waals surface area contributed by atoms with E-state index in [9.17, 15) is 22.8 Å². The van der Waals surface area contributed by atoms with E-state index in [0.717, 1.165) is 35.3 Å². The van der Waals surface area contributed by atoms with Gasteiger partial charge in [-0.2, -0.15) is 10.1 Å². The van der Waals surface area contributed by atoms with Crippen molar-refractivity contribution in [2.75, 3.05) is 18.4 Å². The lowest BCUT2D eigenvalue weighted by Crippen LogP contribution is -2.59. The van der Waals surface area contributed by atoms with Gasteiger partial charge in [-0.1, -0.05) is 0 Å². The van der Waals surface area contributed by atoms with Crippen molar-refractivity contribution < 1.29 is 32.6 Å². The molecule has 2 aliphatic rings. The molecule has 4 rings (SSSR count). The Hall–Kier alpha value is -3.83. The molecule has 12 heteroatoms. The third-order valence-corrected chi connectivity index (χ3v) is 4.74. The van der Waals surface area contributed by atoms with E-state index in [-0.39, 0.29) is 24.5 Å². The minimum absolute atomic E-state index is 0.104. The van der Waals surface area contributed by atoms with Gasteiger partial charge in [-0.05, 0) is 29.8 Å². The van der Waals surface area contributed by atoms with Crippen molar-refractivity contribution in [1.82, 2.24) is 14.9 Å². The Labute approximate surface area is 173 Å². The van der Waals surface area contributed by atoms with Gasteiger partial charge in [0.25, 0.3) is 5.88 Å². The van der Waals surface area contributed by atoms with Crippen LogP contribution in [0.3, 0.4) is 0 Å². The van der Waals surface area contributed by atoms with Gasteiger partial charge in [0.05, 0.1) is 19.1 Å². The minimum atomic E-state index is -1.36. The number of amides is 3. The van der Waals surface area contributed by atoms with Gasteiger partial charge < -0.3 is 14.7 Å². The highest BCUT2D eigenvalue weighted by atomic mass is 19.1. The monoisotopic (exact) mass is 435 g/mol. The SMILES string of the molecule is O=C(O)Nc1ccc(F)c(OC2CN(C(=O)N3N=CCC3c3cc(F)cc(F)c3)C2)n1. The molecule has 9 nitrogen and oxygen atoms in total. The zero-order chi connectivity index (χ0) is 22.1. The molecule has 2 N–H and O–H groups in total. The van der Waals surface area contributed by atoms with Crippen molar-refractivity contribution in [3.8, 4) is 5.88 Å². The third kappa shape index (κ3) is 4.37. The number of likely N-dealkylation sites (tertiary alicyclic amines) is 1. The number of halogens is 3. The molecule has 0 bridgehead atoms. The molecule has 3 heterocycles. The summed E-state index contributed by atoms with van der Waals surface area (Å²) in [5.41, 5.74) is 0.283. The molecule has 0 aliphatic carbocycles. The molecule has 0 radical (unpaired) electrons. The van der Waals surface area contributed by atoms with Crippen LogP contribution in [0.1, 0.15) is 18.0 Å². The first-order valence-corrected chi connectivity index (χ1v) is 9.20. The third-order valence-electron chi connectivity index (χ3n) is 4.74. The molecule has 1 aromatic carbocycles. The van der Waals surface area contributed by atoms with Crippen molar-refractivity contribution in [3.63, 3.8) is 0 Å². The van der Waals surface area contributed by atoms with Gasteiger partial charge in [0, 0.05) is 18.7 Å². The number of carbonyl (C=O) groups excluding carboxylic acids is 1. The largest absolute Gasteiger partial charge is 0.468 e. The van der Waals surface area contributed by atoms with Gasteiger partial charge in [0.2, 0.25) is 0 Å². The smallest absolute Gasteiger partial charge is 0.410 e. The molecule has 1 fully saturated rings. The van der Waals surface area contributed by atoms with Crippen LogP contribution in [0.15, 0.2) is 35.4 Å². The van der Waals surface area contributed by atoms with E-state index in [4.69, 9.17) is 9.84 Å². The summed E-state index contributed by atoms with van der Waals surface area (Å²) in [6.07, 6.45) is -0.132. The summed E-state index contributed by atoms with van der Waals surface area (Å²) in [5.74, 6) is -2.77. The van der Waals surface area contributed by atoms with Gasteiger partial charge in [-0.25, -0.2) is 27.8 Å². The lowest BCUT2D eigenvalue weighted by Gasteiger charge is -2.40. The van der Waals surface area contributed by atoms with Crippen LogP contribution in [-0.2, 0) is 0 Å². The van der Waals surface area contributed by atoms with E-state index in [0.29, 0.717) is 6.42 Å². The molecule has 162 valence electrons. The van der Waals surface area contributed by atoms with Crippen LogP contribution >= 0.6 is 0 Å². The van der Waals surface area contributed by atoms with Crippen LogP contribution in [0.2, 0.25) is 0 Å². The summed E-state index contributed by atoms with van der Waals surface area (Å²) in [6.45, 7) is 0.208. The molecular weight excluding hydrogens is 419 g/mol. The number of nitrogens with zero attached hydrogens (tertiary/aromatic N) is 4. The molecule has 0 saturated carbocycles. The highest BCUT2D eigenvalue weighted by molar-refractivity contribution is 5.81. The number of benzene rings is 1. The van der Waals surface area contributed by atoms with Crippen LogP contribution < -0.4 is 10.1 Å². The topological polar surface area (TPSA) is 107 Å². The minimum Gasteiger partial charge on any atom is -0.468 e. The van der Waals surface area contributed by atoms with Crippen molar-refractivity contribution >= 4 is 24.2 Å². The maximum atomic E-state index is 13.9. The second-order valence-corrected chi connectivity index (χ2v) is 6.94. The number of aromatic nitrogens is 1. The first kappa shape index (κ1) is 20.4. The van der Waals surface area contributed by atoms with E-state index < -0.39 is 47.6 Å². The van der Waals surface area contributed by atoms with Gasteiger partial charge >= 0.3 is 12.1 Å². The number of carboxylic acid groups (broad SMARTS) is 1. The molecule has 0 spiro atoms. The number of rotatable bonds is 4. The van der Waals surface area contributed by atoms with E-state index in [1.54, 1.807) is 0 Å². The number of urea groups is 1. The van der Waals surface area contributed by atoms with Crippen LogP contribution in [0.5, 0.6) is 5.88 Å². The number of hydrogen-bond donors (Lipinski definition) is 2. The van der Waals surface area contributed by atoms with E-state index in [1.165, 1.54) is 11.1 Å². The summed E-state index contributed by atoms with van der Waals surface area (Å²) in [7, 11) is 0. The van der Waals surface area contributed by atoms with Crippen molar-refractivity contribution in [2.24, 2.45) is 5.10 Å². The lowest BCUT2D eigenvalue weighted by molar-refractivity contribution is 0.0231. The van der Waals surface area contributed by atoms with Crippen LogP contribution in [-0.4, -0.2) is 57.5 Å². The number of pyridine rings is 1. The second-order valence-electron chi connectivity index (χ2n) is 6.94. The number of nitrogens with one attached hydrogen (secondary N) is 1. The standard InChI is InChI=1S/C19H16F3N5O4/c20-11-5-10(6-12(21)7-11)15-3-4-23-27(15)19(30)26-8-13(9-26)31-17-14(22)1-2-16(24-17)25-18(28)29/h1-2,4-7,13,15H,3,8-9H2,(H,24,25)(H,28,29). The van der Waals surface area contributed by atoms with Gasteiger partial charge in [0.15, 0.2) is 5.82 Å². The fourth-order valence-corrected chi connectivity index (χ4v) is 3.30. The quantitative estimate of drug-likeness (QED) is 0.767. The van der Waals surface area contributed by atoms with Gasteiger partial charge in [0.1, 0.15) is 23.6 Å². The van der Waals surface area contributed by atoms with Crippen LogP contribution in [0.25, 0.3) is 0 Å². The predicted octanol–water partition coefficient (Wildman–Crippen LogP) is 3.20. The molecule has 1 unspecified atom stereocenters. The average molecular weight is 435 g/mol. The highest BCUT2D eigenvalue weighted by Gasteiger charge is 2.39. The Bertz CT molecular complexity index is 1040. The Morgan fingerprint density at radius 1 is 1.13 bits per heavy atom. The first-order chi connectivity index (χ1) is 14.8. The Kier molecular flexibility index (Phi) is 5.36. The van der Waals surface area contributed by atoms with Gasteiger partial charge in [-0.15, -0.1) is 0 Å². The maximum Gasteiger partial charge on any atom is 0.410 e. The highest BCUT2D eigenvalue weighted by Crippen LogP contribution is 2.31. The van der Waals surface area contributed by atoms with Crippen molar-refractivity contribution in [1.29, 1.82) is 0 Å². The van der Waals surface area contributed by atoms with Crippen LogP contribution in [0.4, 0.5) is 28.6 Å². The summed E-state index contributed by atoms with van der Waals surface area (Å²) in [4.78, 5) is 28.6. The summed E-state index contributed by atoms with van der Waals surface area (Å²) < 4.78 is 46.4. The number of anilines is 1. The fraction of sp³-hybridized carbons (Fsp3) is 0.263. The number of carbonyl (C=O) groups is 2. The molecule has 2 aliphatic heterocycles. The van der Waals surface area contributed by atoms with Crippen molar-refractivity contribution in [2.45, 2.75) is 18.6 Å². The summed E-state index contributed by atoms with van der Waals surface area (Å²) >= 11 is 0. The van der Waals surface area contributed by atoms with E-state index >= 15 is 0 Å². The van der Waals surface area contributed by atoms with E-state index in [2.05, 4.69) is 10.1 Å². The molecule has 31 heavy (non-hydrogen) atoms. The molecule has 1 saturated heterocycles. The van der Waals surface area contributed by atoms with Crippen molar-refractivity contribution in [3.05, 3.63) is 53.3 Å². The molecule has 2 aromatic rings. The van der Waals surface area contributed by atoms with Crippen LogP contribution in [0, 0.1) is 17.5 Å². The zero-order valence-electron chi connectivity index (χ0n) is 15.8. The normalized spacial score (nSPS) is 18.1. The molecule has 3 amide bonds. The second kappa shape index (κ2) is 8.13. The zero-order valence-corrected chi connectivity index (χ0v) is 15.8. The number of ether oxygens (including phenoxy) is 1. The average Bonchev–Trinajstić information content (AvgIpc) is 3.15. The Balaban J connectivity index is 1.38. The molecule has 1 aromatic heterocycles. The maximum absolute atomic E-state index is 13.9. The predicted molar refractivity (Wildman–Crippen MR) is 101 cm³/mol. The van der Waals surface area contributed by atoms with E-state index in [1.807, 2.05) is 5.32 Å². The lowest BCUT2D eigenvalue weighted by atomic mass is 10.0. The summed E-state index contributed by atoms with van der Waals surface area (Å²) in [6, 6.07) is 4.07. The van der Waals surface area contributed by atoms with Gasteiger partial charge in [-0.3, -0.25) is 5.32 Å². The first-order valence-electron chi connectivity index (χ1n) is 9.20. The summed E-state index contributed by atoms with van der Waals surface area (Å²) in [5, 5.41) is 15.9. The molecular formula is C19H16F3N5O4. The Morgan fingerprint density at radius 2 is 1.84 bits per heavy atom. The Morgan fingerprint density at radius 3 is 2.52 bits per heavy atom. The number of hydrazone groups is 1. The fourth-order valence-electron chi connectivity index (χ4n) is 3.30.